The van der Waals surface area contributed by atoms with Crippen molar-refractivity contribution in [2.24, 2.45) is 0 Å². The van der Waals surface area contributed by atoms with Crippen molar-refractivity contribution in [3.8, 4) is 0 Å². The summed E-state index contributed by atoms with van der Waals surface area (Å²) >= 11 is 0. The first kappa shape index (κ1) is 15.5. The number of nitrogens with zero attached hydrogens (tertiary/aromatic N) is 2. The molecule has 21 heavy (non-hydrogen) atoms. The van der Waals surface area contributed by atoms with E-state index in [1.807, 2.05) is 6.07 Å². The van der Waals surface area contributed by atoms with Gasteiger partial charge in [-0.1, -0.05) is 19.1 Å². The summed E-state index contributed by atoms with van der Waals surface area (Å²) in [6.07, 6.45) is 0. The van der Waals surface area contributed by atoms with Crippen molar-refractivity contribution in [1.29, 1.82) is 0 Å². The van der Waals surface area contributed by atoms with Gasteiger partial charge in [-0.2, -0.15) is 0 Å². The largest absolute Gasteiger partial charge is 0.478 e. The summed E-state index contributed by atoms with van der Waals surface area (Å²) in [5, 5.41) is 9.42. The summed E-state index contributed by atoms with van der Waals surface area (Å²) in [5.41, 5.74) is 1.83. The number of carbonyl (C=O) groups is 2. The lowest BCUT2D eigenvalue weighted by molar-refractivity contribution is 0.0619. The third-order valence-electron chi connectivity index (χ3n) is 4.16. The smallest absolute Gasteiger partial charge is 0.336 e. The molecule has 1 heterocycles. The van der Waals surface area contributed by atoms with Gasteiger partial charge in [0.2, 0.25) is 0 Å². The minimum atomic E-state index is -1.04. The van der Waals surface area contributed by atoms with Gasteiger partial charge in [0.05, 0.1) is 11.1 Å². The molecule has 2 rings (SSSR count). The van der Waals surface area contributed by atoms with Crippen LogP contribution in [0.25, 0.3) is 0 Å². The number of carbonyl (C=O) groups excluding carboxylic acids is 1. The Kier molecular flexibility index (Phi) is 4.63. The third-order valence-corrected chi connectivity index (χ3v) is 4.16. The number of hydrogen-bond donors (Lipinski definition) is 1. The van der Waals surface area contributed by atoms with Crippen molar-refractivity contribution in [3.63, 3.8) is 0 Å². The van der Waals surface area contributed by atoms with Gasteiger partial charge in [-0.05, 0) is 31.5 Å². The van der Waals surface area contributed by atoms with Gasteiger partial charge >= 0.3 is 5.97 Å². The Hall–Kier alpha value is -1.88. The number of rotatable bonds is 3. The summed E-state index contributed by atoms with van der Waals surface area (Å²) in [5.74, 6) is -1.20. The van der Waals surface area contributed by atoms with Crippen LogP contribution in [0.1, 0.15) is 38.8 Å². The Morgan fingerprint density at radius 2 is 1.57 bits per heavy atom. The quantitative estimate of drug-likeness (QED) is 0.922. The van der Waals surface area contributed by atoms with Gasteiger partial charge in [0.25, 0.3) is 5.91 Å². The molecule has 0 radical (unpaired) electrons. The van der Waals surface area contributed by atoms with Crippen molar-refractivity contribution in [2.75, 3.05) is 32.7 Å². The molecule has 0 aromatic heterocycles. The van der Waals surface area contributed by atoms with E-state index in [2.05, 4.69) is 11.8 Å². The van der Waals surface area contributed by atoms with E-state index >= 15 is 0 Å². The molecule has 0 unspecified atom stereocenters. The fraction of sp³-hybridized carbons (Fsp3) is 0.500. The highest BCUT2D eigenvalue weighted by Gasteiger charge is 2.27. The molecule has 0 bridgehead atoms. The zero-order chi connectivity index (χ0) is 15.6. The normalized spacial score (nSPS) is 16.0. The SMILES string of the molecule is CCN1CCN(C(=O)c2c(C)ccc(C)c2C(=O)O)CC1. The van der Waals surface area contributed by atoms with Gasteiger partial charge < -0.3 is 14.9 Å². The van der Waals surface area contributed by atoms with Crippen LogP contribution in [-0.4, -0.2) is 59.5 Å². The number of likely N-dealkylation sites (N-methyl/N-ethyl adjacent to an activating group) is 1. The summed E-state index contributed by atoms with van der Waals surface area (Å²) < 4.78 is 0. The highest BCUT2D eigenvalue weighted by molar-refractivity contribution is 6.06. The summed E-state index contributed by atoms with van der Waals surface area (Å²) in [6, 6.07) is 3.57. The topological polar surface area (TPSA) is 60.9 Å². The van der Waals surface area contributed by atoms with Crippen LogP contribution in [0.4, 0.5) is 0 Å². The van der Waals surface area contributed by atoms with Gasteiger partial charge in [0, 0.05) is 26.2 Å². The monoisotopic (exact) mass is 290 g/mol. The molecule has 1 aromatic rings. The predicted molar refractivity (Wildman–Crippen MR) is 80.9 cm³/mol. The van der Waals surface area contributed by atoms with Crippen molar-refractivity contribution in [3.05, 3.63) is 34.4 Å². The van der Waals surface area contributed by atoms with Crippen LogP contribution >= 0.6 is 0 Å². The molecule has 0 atom stereocenters. The van der Waals surface area contributed by atoms with Crippen LogP contribution in [0.5, 0.6) is 0 Å². The molecule has 5 heteroatoms. The number of carboxylic acid groups (broad SMARTS) is 1. The lowest BCUT2D eigenvalue weighted by atomic mass is 9.96. The number of carboxylic acids is 1. The number of piperazine rings is 1. The maximum atomic E-state index is 12.7. The molecule has 0 aliphatic carbocycles. The molecule has 1 N–H and O–H groups in total. The van der Waals surface area contributed by atoms with Crippen LogP contribution in [0.15, 0.2) is 12.1 Å². The van der Waals surface area contributed by atoms with E-state index < -0.39 is 5.97 Å². The molecule has 114 valence electrons. The predicted octanol–water partition coefficient (Wildman–Crippen LogP) is 1.78. The van der Waals surface area contributed by atoms with E-state index in [-0.39, 0.29) is 11.5 Å². The van der Waals surface area contributed by atoms with Crippen molar-refractivity contribution in [1.82, 2.24) is 9.80 Å². The van der Waals surface area contributed by atoms with Crippen molar-refractivity contribution < 1.29 is 14.7 Å². The Labute approximate surface area is 125 Å². The number of hydrogen-bond acceptors (Lipinski definition) is 3. The van der Waals surface area contributed by atoms with Gasteiger partial charge in [-0.15, -0.1) is 0 Å². The second kappa shape index (κ2) is 6.26. The molecular formula is C16H22N2O3. The van der Waals surface area contributed by atoms with Crippen LogP contribution in [0.2, 0.25) is 0 Å². The summed E-state index contributed by atoms with van der Waals surface area (Å²) in [7, 11) is 0. The number of amides is 1. The Morgan fingerprint density at radius 1 is 1.05 bits per heavy atom. The Morgan fingerprint density at radius 3 is 2.05 bits per heavy atom. The average Bonchev–Trinajstić information content (AvgIpc) is 2.48. The van der Waals surface area contributed by atoms with Gasteiger partial charge in [0.1, 0.15) is 0 Å². The first-order valence-electron chi connectivity index (χ1n) is 7.30. The fourth-order valence-corrected chi connectivity index (χ4v) is 2.79. The van der Waals surface area contributed by atoms with Gasteiger partial charge in [-0.25, -0.2) is 4.79 Å². The molecule has 5 nitrogen and oxygen atoms in total. The minimum Gasteiger partial charge on any atom is -0.478 e. The molecular weight excluding hydrogens is 268 g/mol. The highest BCUT2D eigenvalue weighted by atomic mass is 16.4. The van der Waals surface area contributed by atoms with Crippen molar-refractivity contribution in [2.45, 2.75) is 20.8 Å². The number of aryl methyl sites for hydroxylation is 2. The Balaban J connectivity index is 2.32. The molecule has 0 saturated carbocycles. The zero-order valence-electron chi connectivity index (χ0n) is 12.8. The standard InChI is InChI=1S/C16H22N2O3/c1-4-17-7-9-18(10-8-17)15(19)13-11(2)5-6-12(3)14(13)16(20)21/h5-6H,4,7-10H2,1-3H3,(H,20,21). The lowest BCUT2D eigenvalue weighted by Crippen LogP contribution is -2.48. The molecule has 1 fully saturated rings. The summed E-state index contributed by atoms with van der Waals surface area (Å²) in [6.45, 7) is 9.59. The zero-order valence-corrected chi connectivity index (χ0v) is 12.8. The van der Waals surface area contributed by atoms with E-state index in [1.165, 1.54) is 0 Å². The van der Waals surface area contributed by atoms with E-state index in [0.29, 0.717) is 24.2 Å². The lowest BCUT2D eigenvalue weighted by Gasteiger charge is -2.34. The molecule has 1 aliphatic heterocycles. The maximum absolute atomic E-state index is 12.7. The molecule has 0 spiro atoms. The first-order chi connectivity index (χ1) is 9.95. The Bertz CT molecular complexity index is 561. The molecule has 1 saturated heterocycles. The summed E-state index contributed by atoms with van der Waals surface area (Å²) in [4.78, 5) is 28.3. The first-order valence-corrected chi connectivity index (χ1v) is 7.30. The van der Waals surface area contributed by atoms with Crippen molar-refractivity contribution >= 4 is 11.9 Å². The van der Waals surface area contributed by atoms with E-state index in [1.54, 1.807) is 24.8 Å². The minimum absolute atomic E-state index is 0.137. The van der Waals surface area contributed by atoms with E-state index in [0.717, 1.165) is 25.2 Å². The number of benzene rings is 1. The van der Waals surface area contributed by atoms with Crippen LogP contribution < -0.4 is 0 Å². The average molecular weight is 290 g/mol. The molecule has 1 aliphatic rings. The highest BCUT2D eigenvalue weighted by Crippen LogP contribution is 2.21. The third kappa shape index (κ3) is 3.08. The van der Waals surface area contributed by atoms with E-state index in [4.69, 9.17) is 0 Å². The second-order valence-electron chi connectivity index (χ2n) is 5.48. The van der Waals surface area contributed by atoms with Gasteiger partial charge in [0.15, 0.2) is 0 Å². The van der Waals surface area contributed by atoms with Crippen LogP contribution in [-0.2, 0) is 0 Å². The van der Waals surface area contributed by atoms with Crippen LogP contribution in [0.3, 0.4) is 0 Å². The fourth-order valence-electron chi connectivity index (χ4n) is 2.79. The van der Waals surface area contributed by atoms with Crippen LogP contribution in [0, 0.1) is 13.8 Å². The number of aromatic carboxylic acids is 1. The van der Waals surface area contributed by atoms with Gasteiger partial charge in [-0.3, -0.25) is 4.79 Å². The second-order valence-corrected chi connectivity index (χ2v) is 5.48. The van der Waals surface area contributed by atoms with E-state index in [9.17, 15) is 14.7 Å². The molecule has 1 aromatic carbocycles. The maximum Gasteiger partial charge on any atom is 0.336 e. The molecule has 1 amide bonds.